The van der Waals surface area contributed by atoms with Crippen LogP contribution in [0.25, 0.3) is 0 Å². The minimum absolute atomic E-state index is 0.176. The maximum absolute atomic E-state index is 10.9. The number of nitrogens with zero attached hydrogens (tertiary/aromatic N) is 1. The average Bonchev–Trinajstić information content (AvgIpc) is 2.44. The van der Waals surface area contributed by atoms with Gasteiger partial charge < -0.3 is 14.7 Å². The van der Waals surface area contributed by atoms with Crippen LogP contribution in [0.2, 0.25) is 0 Å². The number of methoxy groups -OCH3 is 1. The Kier molecular flexibility index (Phi) is 7.09. The van der Waals surface area contributed by atoms with Crippen molar-refractivity contribution in [2.45, 2.75) is 25.7 Å². The molecule has 1 aromatic rings. The van der Waals surface area contributed by atoms with Gasteiger partial charge >= 0.3 is 5.97 Å². The van der Waals surface area contributed by atoms with Crippen LogP contribution >= 0.6 is 0 Å². The number of oxime groups is 1. The smallest absolute Gasteiger partial charge is 0.305 e. The zero-order valence-corrected chi connectivity index (χ0v) is 11.0. The van der Waals surface area contributed by atoms with Crippen LogP contribution in [0.5, 0.6) is 5.75 Å². The average molecular weight is 265 g/mol. The summed E-state index contributed by atoms with van der Waals surface area (Å²) >= 11 is 0. The molecule has 0 spiro atoms. The Morgan fingerprint density at radius 3 is 2.84 bits per heavy atom. The Morgan fingerprint density at radius 1 is 1.32 bits per heavy atom. The Morgan fingerprint density at radius 2 is 2.11 bits per heavy atom. The maximum Gasteiger partial charge on any atom is 0.305 e. The third-order valence-electron chi connectivity index (χ3n) is 2.63. The minimum atomic E-state index is -0.176. The largest absolute Gasteiger partial charge is 0.493 e. The molecule has 0 bridgehead atoms. The van der Waals surface area contributed by atoms with E-state index in [-0.39, 0.29) is 5.97 Å². The number of unbranched alkanes of at least 4 members (excludes halogenated alkanes) is 2. The van der Waals surface area contributed by atoms with Crippen molar-refractivity contribution in [1.82, 2.24) is 0 Å². The number of rotatable bonds is 8. The first-order valence-corrected chi connectivity index (χ1v) is 6.24. The van der Waals surface area contributed by atoms with Gasteiger partial charge in [-0.1, -0.05) is 17.3 Å². The number of benzene rings is 1. The van der Waals surface area contributed by atoms with Gasteiger partial charge in [0.25, 0.3) is 0 Å². The Labute approximate surface area is 112 Å². The molecule has 0 saturated heterocycles. The zero-order chi connectivity index (χ0) is 13.9. The fraction of sp³-hybridized carbons (Fsp3) is 0.429. The van der Waals surface area contributed by atoms with Gasteiger partial charge in [0.2, 0.25) is 0 Å². The van der Waals surface area contributed by atoms with Gasteiger partial charge in [-0.25, -0.2) is 0 Å². The van der Waals surface area contributed by atoms with Crippen molar-refractivity contribution in [2.75, 3.05) is 13.7 Å². The molecule has 0 unspecified atom stereocenters. The van der Waals surface area contributed by atoms with Crippen LogP contribution in [0.1, 0.15) is 31.2 Å². The van der Waals surface area contributed by atoms with Crippen LogP contribution in [0.3, 0.4) is 0 Å². The summed E-state index contributed by atoms with van der Waals surface area (Å²) in [6, 6.07) is 7.35. The molecule has 0 fully saturated rings. The van der Waals surface area contributed by atoms with Gasteiger partial charge in [-0.2, -0.15) is 0 Å². The lowest BCUT2D eigenvalue weighted by atomic mass is 10.2. The van der Waals surface area contributed by atoms with Crippen LogP contribution in [0.4, 0.5) is 0 Å². The molecule has 1 N–H and O–H groups in total. The number of hydrogen-bond acceptors (Lipinski definition) is 5. The summed E-state index contributed by atoms with van der Waals surface area (Å²) in [5.41, 5.74) is 0.736. The lowest BCUT2D eigenvalue weighted by Gasteiger charge is -2.08. The summed E-state index contributed by atoms with van der Waals surface area (Å²) in [4.78, 5) is 10.9. The highest BCUT2D eigenvalue weighted by Gasteiger charge is 2.02. The first-order chi connectivity index (χ1) is 9.27. The minimum Gasteiger partial charge on any atom is -0.493 e. The van der Waals surface area contributed by atoms with Gasteiger partial charge in [0.15, 0.2) is 0 Å². The van der Waals surface area contributed by atoms with Crippen molar-refractivity contribution in [2.24, 2.45) is 5.16 Å². The van der Waals surface area contributed by atoms with Gasteiger partial charge in [0.05, 0.1) is 19.9 Å². The second-order valence-electron chi connectivity index (χ2n) is 4.02. The van der Waals surface area contributed by atoms with E-state index in [0.29, 0.717) is 18.8 Å². The summed E-state index contributed by atoms with van der Waals surface area (Å²) < 4.78 is 10.2. The normalized spacial score (nSPS) is 10.6. The van der Waals surface area contributed by atoms with Crippen molar-refractivity contribution in [1.29, 1.82) is 0 Å². The number of esters is 1. The highest BCUT2D eigenvalue weighted by atomic mass is 16.5. The molecule has 0 heterocycles. The van der Waals surface area contributed by atoms with Gasteiger partial charge in [-0.05, 0) is 31.4 Å². The molecule has 5 nitrogen and oxygen atoms in total. The van der Waals surface area contributed by atoms with E-state index in [1.54, 1.807) is 0 Å². The number of para-hydroxylation sites is 1. The summed E-state index contributed by atoms with van der Waals surface area (Å²) in [5.74, 6) is 0.513. The van der Waals surface area contributed by atoms with Gasteiger partial charge in [0, 0.05) is 12.0 Å². The molecular formula is C14H19NO4. The molecule has 1 rings (SSSR count). The predicted molar refractivity (Wildman–Crippen MR) is 71.8 cm³/mol. The third-order valence-corrected chi connectivity index (χ3v) is 2.63. The first-order valence-electron chi connectivity index (χ1n) is 6.24. The number of carbonyl (C=O) groups is 1. The fourth-order valence-corrected chi connectivity index (χ4v) is 1.61. The molecule has 0 saturated carbocycles. The predicted octanol–water partition coefficient (Wildman–Crippen LogP) is 2.61. The Bertz CT molecular complexity index is 418. The van der Waals surface area contributed by atoms with Gasteiger partial charge in [0.1, 0.15) is 5.75 Å². The molecule has 0 aromatic heterocycles. The summed E-state index contributed by atoms with van der Waals surface area (Å²) in [7, 11) is 1.39. The molecule has 0 aliphatic heterocycles. The van der Waals surface area contributed by atoms with E-state index in [0.717, 1.165) is 24.8 Å². The first kappa shape index (κ1) is 15.0. The van der Waals surface area contributed by atoms with Crippen molar-refractivity contribution in [3.63, 3.8) is 0 Å². The van der Waals surface area contributed by atoms with E-state index in [1.165, 1.54) is 13.3 Å². The van der Waals surface area contributed by atoms with Gasteiger partial charge in [-0.3, -0.25) is 4.79 Å². The van der Waals surface area contributed by atoms with E-state index in [4.69, 9.17) is 9.94 Å². The topological polar surface area (TPSA) is 68.1 Å². The molecular weight excluding hydrogens is 246 g/mol. The summed E-state index contributed by atoms with van der Waals surface area (Å²) in [6.45, 7) is 0.567. The van der Waals surface area contributed by atoms with Crippen molar-refractivity contribution in [3.8, 4) is 5.75 Å². The van der Waals surface area contributed by atoms with E-state index >= 15 is 0 Å². The van der Waals surface area contributed by atoms with Gasteiger partial charge in [-0.15, -0.1) is 0 Å². The van der Waals surface area contributed by atoms with Crippen molar-refractivity contribution >= 4 is 12.2 Å². The fourth-order valence-electron chi connectivity index (χ4n) is 1.61. The molecule has 0 radical (unpaired) electrons. The highest BCUT2D eigenvalue weighted by molar-refractivity contribution is 5.82. The van der Waals surface area contributed by atoms with Crippen LogP contribution < -0.4 is 4.74 Å². The van der Waals surface area contributed by atoms with Crippen molar-refractivity contribution in [3.05, 3.63) is 29.8 Å². The molecule has 19 heavy (non-hydrogen) atoms. The number of ether oxygens (including phenoxy) is 2. The monoisotopic (exact) mass is 265 g/mol. The van der Waals surface area contributed by atoms with Crippen LogP contribution in [-0.4, -0.2) is 31.1 Å². The molecule has 1 aromatic carbocycles. The lowest BCUT2D eigenvalue weighted by molar-refractivity contribution is -0.140. The molecule has 0 amide bonds. The quantitative estimate of drug-likeness (QED) is 0.258. The zero-order valence-electron chi connectivity index (χ0n) is 11.0. The molecule has 104 valence electrons. The Hall–Kier alpha value is -2.04. The van der Waals surface area contributed by atoms with Crippen LogP contribution in [-0.2, 0) is 9.53 Å². The highest BCUT2D eigenvalue weighted by Crippen LogP contribution is 2.16. The van der Waals surface area contributed by atoms with Crippen LogP contribution in [0, 0.1) is 0 Å². The van der Waals surface area contributed by atoms with Crippen LogP contribution in [0.15, 0.2) is 29.4 Å². The van der Waals surface area contributed by atoms with E-state index in [2.05, 4.69) is 9.89 Å². The Balaban J connectivity index is 2.24. The van der Waals surface area contributed by atoms with E-state index in [9.17, 15) is 4.79 Å². The maximum atomic E-state index is 10.9. The van der Waals surface area contributed by atoms with Crippen molar-refractivity contribution < 1.29 is 19.5 Å². The third kappa shape index (κ3) is 5.90. The molecule has 0 aliphatic rings. The van der Waals surface area contributed by atoms with E-state index < -0.39 is 0 Å². The number of carbonyl (C=O) groups excluding carboxylic acids is 1. The second kappa shape index (κ2) is 8.97. The lowest BCUT2D eigenvalue weighted by Crippen LogP contribution is -2.02. The number of hydrogen-bond donors (Lipinski definition) is 1. The standard InChI is InChI=1S/C14H19NO4/c1-18-14(16)9-3-2-6-10-19-13-8-5-4-7-12(13)11-15-17/h4-5,7-8,11,17H,2-3,6,9-10H2,1H3/b15-11-. The second-order valence-corrected chi connectivity index (χ2v) is 4.02. The summed E-state index contributed by atoms with van der Waals surface area (Å²) in [5, 5.41) is 11.5. The molecule has 0 atom stereocenters. The molecule has 0 aliphatic carbocycles. The SMILES string of the molecule is COC(=O)CCCCCOc1ccccc1/C=N\O. The van der Waals surface area contributed by atoms with E-state index in [1.807, 2.05) is 24.3 Å². The summed E-state index contributed by atoms with van der Waals surface area (Å²) in [6.07, 6.45) is 4.36. The molecule has 5 heteroatoms.